The first-order chi connectivity index (χ1) is 8.30. The normalized spacial score (nSPS) is 11.8. The molecular weight excluding hydrogens is 337 g/mol. The number of nitrogens with zero attached hydrogens (tertiary/aromatic N) is 2. The maximum Gasteiger partial charge on any atom is 0.141 e. The molecule has 0 atom stereocenters. The lowest BCUT2D eigenvalue weighted by Crippen LogP contribution is -2.14. The number of anilines is 1. The Labute approximate surface area is 122 Å². The van der Waals surface area contributed by atoms with Crippen LogP contribution in [0.1, 0.15) is 32.0 Å². The van der Waals surface area contributed by atoms with Crippen LogP contribution in [-0.4, -0.2) is 9.78 Å². The lowest BCUT2D eigenvalue weighted by Gasteiger charge is -2.15. The lowest BCUT2D eigenvalue weighted by atomic mass is 9.92. The van der Waals surface area contributed by atoms with E-state index in [1.165, 1.54) is 5.56 Å². The summed E-state index contributed by atoms with van der Waals surface area (Å²) in [6.07, 6.45) is 0. The Bertz CT molecular complexity index is 562. The smallest absolute Gasteiger partial charge is 0.141 e. The summed E-state index contributed by atoms with van der Waals surface area (Å²) >= 11 is 2.28. The second-order valence-electron chi connectivity index (χ2n) is 5.55. The topological polar surface area (TPSA) is 43.8 Å². The highest BCUT2D eigenvalue weighted by atomic mass is 127. The summed E-state index contributed by atoms with van der Waals surface area (Å²) in [5, 5.41) is 4.66. The van der Waals surface area contributed by atoms with E-state index in [4.69, 9.17) is 5.73 Å². The predicted octanol–water partition coefficient (Wildman–Crippen LogP) is 3.67. The Kier molecular flexibility index (Phi) is 3.40. The number of nitrogens with two attached hydrogens (primary N) is 1. The molecule has 4 heteroatoms. The van der Waals surface area contributed by atoms with E-state index >= 15 is 0 Å². The first-order valence-corrected chi connectivity index (χ1v) is 7.00. The molecule has 0 amide bonds. The van der Waals surface area contributed by atoms with Crippen LogP contribution in [0.25, 0.3) is 5.69 Å². The Morgan fingerprint density at radius 3 is 2.17 bits per heavy atom. The molecule has 2 aromatic rings. The highest BCUT2D eigenvalue weighted by Gasteiger charge is 2.24. The van der Waals surface area contributed by atoms with Gasteiger partial charge in [-0.3, -0.25) is 0 Å². The molecule has 0 bridgehead atoms. The zero-order valence-electron chi connectivity index (χ0n) is 11.2. The third-order valence-electron chi connectivity index (χ3n) is 2.85. The minimum absolute atomic E-state index is 0.000586. The highest BCUT2D eigenvalue weighted by Crippen LogP contribution is 2.31. The second-order valence-corrected chi connectivity index (χ2v) is 6.62. The molecule has 0 fully saturated rings. The quantitative estimate of drug-likeness (QED) is 0.794. The number of hydrogen-bond acceptors (Lipinski definition) is 2. The number of aryl methyl sites for hydroxylation is 1. The fourth-order valence-electron chi connectivity index (χ4n) is 1.77. The van der Waals surface area contributed by atoms with Crippen LogP contribution in [-0.2, 0) is 5.41 Å². The van der Waals surface area contributed by atoms with Crippen molar-refractivity contribution < 1.29 is 0 Å². The van der Waals surface area contributed by atoms with Crippen LogP contribution in [0.4, 0.5) is 5.82 Å². The van der Waals surface area contributed by atoms with Crippen molar-refractivity contribution >= 4 is 28.4 Å². The minimum Gasteiger partial charge on any atom is -0.383 e. The number of aromatic nitrogens is 2. The van der Waals surface area contributed by atoms with Gasteiger partial charge < -0.3 is 5.73 Å². The van der Waals surface area contributed by atoms with Crippen LogP contribution in [0.3, 0.4) is 0 Å². The van der Waals surface area contributed by atoms with Crippen molar-refractivity contribution in [2.45, 2.75) is 33.1 Å². The summed E-state index contributed by atoms with van der Waals surface area (Å²) in [4.78, 5) is 0. The van der Waals surface area contributed by atoms with Gasteiger partial charge in [0.25, 0.3) is 0 Å². The van der Waals surface area contributed by atoms with Gasteiger partial charge in [0.15, 0.2) is 0 Å². The number of benzene rings is 1. The molecule has 0 aliphatic heterocycles. The van der Waals surface area contributed by atoms with Gasteiger partial charge in [-0.15, -0.1) is 0 Å². The molecule has 0 saturated carbocycles. The van der Waals surface area contributed by atoms with Crippen molar-refractivity contribution in [3.05, 3.63) is 39.1 Å². The molecule has 2 N–H and O–H groups in total. The Morgan fingerprint density at radius 2 is 1.72 bits per heavy atom. The first kappa shape index (κ1) is 13.4. The van der Waals surface area contributed by atoms with Gasteiger partial charge in [0.2, 0.25) is 0 Å². The summed E-state index contributed by atoms with van der Waals surface area (Å²) in [5.74, 6) is 0.712. The fraction of sp³-hybridized carbons (Fsp3) is 0.357. The van der Waals surface area contributed by atoms with Gasteiger partial charge in [0, 0.05) is 5.41 Å². The molecule has 96 valence electrons. The van der Waals surface area contributed by atoms with Crippen LogP contribution in [0.2, 0.25) is 0 Å². The zero-order valence-corrected chi connectivity index (χ0v) is 13.3. The molecule has 0 unspecified atom stereocenters. The third kappa shape index (κ3) is 2.39. The molecule has 2 rings (SSSR count). The first-order valence-electron chi connectivity index (χ1n) is 5.92. The zero-order chi connectivity index (χ0) is 13.5. The summed E-state index contributed by atoms with van der Waals surface area (Å²) < 4.78 is 2.86. The lowest BCUT2D eigenvalue weighted by molar-refractivity contribution is 0.557. The van der Waals surface area contributed by atoms with Crippen molar-refractivity contribution in [3.63, 3.8) is 0 Å². The SMILES string of the molecule is Cc1ccc(-n2nc(C(C)(C)C)c(I)c2N)cc1. The number of halogens is 1. The molecule has 0 saturated heterocycles. The van der Waals surface area contributed by atoms with Gasteiger partial charge in [0.05, 0.1) is 15.0 Å². The van der Waals surface area contributed by atoms with Crippen molar-refractivity contribution in [1.82, 2.24) is 9.78 Å². The van der Waals surface area contributed by atoms with E-state index in [-0.39, 0.29) is 5.41 Å². The molecule has 0 aliphatic carbocycles. The number of rotatable bonds is 1. The summed E-state index contributed by atoms with van der Waals surface area (Å²) in [6.45, 7) is 8.52. The second kappa shape index (κ2) is 4.57. The van der Waals surface area contributed by atoms with Gasteiger partial charge in [-0.25, -0.2) is 4.68 Å². The largest absolute Gasteiger partial charge is 0.383 e. The van der Waals surface area contributed by atoms with Gasteiger partial charge in [-0.2, -0.15) is 5.10 Å². The van der Waals surface area contributed by atoms with E-state index in [1.54, 1.807) is 0 Å². The van der Waals surface area contributed by atoms with Crippen LogP contribution in [0, 0.1) is 10.5 Å². The molecule has 0 aliphatic rings. The van der Waals surface area contributed by atoms with Crippen LogP contribution in [0.5, 0.6) is 0 Å². The molecule has 18 heavy (non-hydrogen) atoms. The molecule has 1 aromatic heterocycles. The molecule has 1 heterocycles. The standard InChI is InChI=1S/C14H18IN3/c1-9-5-7-10(8-6-9)18-13(16)11(15)12(17-18)14(2,3)4/h5-8H,16H2,1-4H3. The molecule has 0 spiro atoms. The van der Waals surface area contributed by atoms with E-state index < -0.39 is 0 Å². The van der Waals surface area contributed by atoms with E-state index in [9.17, 15) is 0 Å². The minimum atomic E-state index is 0.000586. The monoisotopic (exact) mass is 355 g/mol. The molecule has 3 nitrogen and oxygen atoms in total. The predicted molar refractivity (Wildman–Crippen MR) is 84.1 cm³/mol. The maximum absolute atomic E-state index is 6.16. The average molecular weight is 355 g/mol. The Balaban J connectivity index is 2.56. The van der Waals surface area contributed by atoms with Gasteiger partial charge >= 0.3 is 0 Å². The van der Waals surface area contributed by atoms with E-state index in [2.05, 4.69) is 67.5 Å². The summed E-state index contributed by atoms with van der Waals surface area (Å²) in [7, 11) is 0. The highest BCUT2D eigenvalue weighted by molar-refractivity contribution is 14.1. The summed E-state index contributed by atoms with van der Waals surface area (Å²) in [5.41, 5.74) is 9.44. The van der Waals surface area contributed by atoms with Crippen LogP contribution in [0.15, 0.2) is 24.3 Å². The van der Waals surface area contributed by atoms with E-state index in [0.717, 1.165) is 15.0 Å². The van der Waals surface area contributed by atoms with Crippen molar-refractivity contribution in [3.8, 4) is 5.69 Å². The van der Waals surface area contributed by atoms with Gasteiger partial charge in [0.1, 0.15) is 5.82 Å². The third-order valence-corrected chi connectivity index (χ3v) is 3.91. The van der Waals surface area contributed by atoms with Crippen molar-refractivity contribution in [2.24, 2.45) is 0 Å². The fourth-order valence-corrected chi connectivity index (χ4v) is 2.92. The maximum atomic E-state index is 6.16. The van der Waals surface area contributed by atoms with Gasteiger partial charge in [-0.05, 0) is 41.6 Å². The average Bonchev–Trinajstić information content (AvgIpc) is 2.57. The molecular formula is C14H18IN3. The van der Waals surface area contributed by atoms with Crippen molar-refractivity contribution in [2.75, 3.05) is 5.73 Å². The Morgan fingerprint density at radius 1 is 1.17 bits per heavy atom. The molecule has 1 aromatic carbocycles. The Hall–Kier alpha value is -1.04. The number of nitrogen functional groups attached to an aromatic ring is 1. The van der Waals surface area contributed by atoms with Crippen LogP contribution >= 0.6 is 22.6 Å². The summed E-state index contributed by atoms with van der Waals surface area (Å²) in [6, 6.07) is 8.22. The van der Waals surface area contributed by atoms with E-state index in [1.807, 2.05) is 16.8 Å². The van der Waals surface area contributed by atoms with Crippen LogP contribution < -0.4 is 5.73 Å². The number of hydrogen-bond donors (Lipinski definition) is 1. The molecule has 0 radical (unpaired) electrons. The van der Waals surface area contributed by atoms with E-state index in [0.29, 0.717) is 5.82 Å². The van der Waals surface area contributed by atoms with Crippen molar-refractivity contribution in [1.29, 1.82) is 0 Å². The van der Waals surface area contributed by atoms with Gasteiger partial charge in [-0.1, -0.05) is 38.5 Å².